The first-order valence-electron chi connectivity index (χ1n) is 8.55. The van der Waals surface area contributed by atoms with Crippen molar-refractivity contribution in [1.29, 1.82) is 0 Å². The van der Waals surface area contributed by atoms with E-state index >= 15 is 0 Å². The minimum Gasteiger partial charge on any atom is -0.417 e. The molecule has 3 aromatic rings. The van der Waals surface area contributed by atoms with Crippen LogP contribution < -0.4 is 18.9 Å². The molecule has 6 N–H and O–H groups in total. The number of aromatic nitrogens is 2. The second kappa shape index (κ2) is 8.42. The number of hydrogen-bond acceptors (Lipinski definition) is 10. The van der Waals surface area contributed by atoms with Gasteiger partial charge in [0.15, 0.2) is 12.2 Å². The fourth-order valence-corrected chi connectivity index (χ4v) is 2.70. The summed E-state index contributed by atoms with van der Waals surface area (Å²) in [6.07, 6.45) is -3.61. The van der Waals surface area contributed by atoms with Crippen LogP contribution in [0.1, 0.15) is 0 Å². The molecule has 0 aliphatic rings. The fraction of sp³-hybridized carbons (Fsp3) is 0.222. The first kappa shape index (κ1) is 21.1. The molecule has 158 valence electrons. The van der Waals surface area contributed by atoms with E-state index in [9.17, 15) is 30.2 Å². The Bertz CT molecular complexity index is 1040. The van der Waals surface area contributed by atoms with Gasteiger partial charge in [0, 0.05) is 21.6 Å². The number of esters is 2. The Morgan fingerprint density at radius 2 is 1.13 bits per heavy atom. The van der Waals surface area contributed by atoms with Crippen LogP contribution >= 0.6 is 0 Å². The van der Waals surface area contributed by atoms with Crippen LogP contribution in [0.4, 0.5) is 0 Å². The number of rotatable bonds is 6. The molecule has 2 atom stereocenters. The van der Waals surface area contributed by atoms with Gasteiger partial charge in [0.25, 0.3) is 0 Å². The molecule has 0 fully saturated rings. The van der Waals surface area contributed by atoms with E-state index in [-0.39, 0.29) is 33.6 Å². The van der Waals surface area contributed by atoms with E-state index < -0.39 is 37.4 Å². The summed E-state index contributed by atoms with van der Waals surface area (Å²) in [6, 6.07) is 8.01. The van der Waals surface area contributed by atoms with E-state index in [1.165, 1.54) is 36.4 Å². The highest BCUT2D eigenvalue weighted by atomic mass is 16.6. The van der Waals surface area contributed by atoms with Crippen LogP contribution in [0.3, 0.4) is 0 Å². The predicted molar refractivity (Wildman–Crippen MR) is 93.7 cm³/mol. The summed E-state index contributed by atoms with van der Waals surface area (Å²) in [5, 5.41) is 57.9. The molecule has 0 amide bonds. The van der Waals surface area contributed by atoms with Crippen LogP contribution in [0.2, 0.25) is 0 Å². The lowest BCUT2D eigenvalue weighted by Gasteiger charge is -2.09. The van der Waals surface area contributed by atoms with Gasteiger partial charge >= 0.3 is 34.0 Å². The zero-order valence-electron chi connectivity index (χ0n) is 15.2. The van der Waals surface area contributed by atoms with Gasteiger partial charge in [-0.05, 0) is 12.1 Å². The Morgan fingerprint density at radius 1 is 0.767 bits per heavy atom. The molecule has 0 aliphatic carbocycles. The van der Waals surface area contributed by atoms with E-state index in [1.54, 1.807) is 0 Å². The van der Waals surface area contributed by atoms with E-state index in [2.05, 4.69) is 0 Å². The van der Waals surface area contributed by atoms with Crippen molar-refractivity contribution in [3.63, 3.8) is 0 Å². The van der Waals surface area contributed by atoms with Gasteiger partial charge in [-0.25, -0.2) is 9.59 Å². The SMILES string of the molecule is O=C(Oc1cccc2c1[n+](O)c1cccc(OC(=O)C(O)CO)c1[n+]2O)C(O)CO. The lowest BCUT2D eigenvalue weighted by atomic mass is 10.2. The lowest BCUT2D eigenvalue weighted by Crippen LogP contribution is -2.43. The Kier molecular flexibility index (Phi) is 5.94. The quantitative estimate of drug-likeness (QED) is 0.0821. The van der Waals surface area contributed by atoms with Crippen molar-refractivity contribution in [1.82, 2.24) is 0 Å². The molecule has 12 heteroatoms. The molecule has 0 radical (unpaired) electrons. The van der Waals surface area contributed by atoms with Gasteiger partial charge in [0.2, 0.25) is 11.5 Å². The third-order valence-electron chi connectivity index (χ3n) is 4.15. The van der Waals surface area contributed by atoms with E-state index in [1.807, 2.05) is 0 Å². The van der Waals surface area contributed by atoms with Crippen molar-refractivity contribution >= 4 is 34.0 Å². The van der Waals surface area contributed by atoms with Crippen molar-refractivity contribution in [3.8, 4) is 11.5 Å². The molecular weight excluding hydrogens is 404 g/mol. The highest BCUT2D eigenvalue weighted by Crippen LogP contribution is 2.26. The molecule has 30 heavy (non-hydrogen) atoms. The van der Waals surface area contributed by atoms with Crippen molar-refractivity contribution in [2.24, 2.45) is 0 Å². The highest BCUT2D eigenvalue weighted by molar-refractivity contribution is 5.87. The number of ether oxygens (including phenoxy) is 2. The summed E-state index contributed by atoms with van der Waals surface area (Å²) in [6.45, 7) is -1.75. The maximum atomic E-state index is 11.8. The molecule has 0 saturated carbocycles. The number of carbonyl (C=O) groups is 2. The summed E-state index contributed by atoms with van der Waals surface area (Å²) >= 11 is 0. The number of aliphatic hydroxyl groups is 4. The first-order valence-corrected chi connectivity index (χ1v) is 8.55. The molecule has 3 rings (SSSR count). The van der Waals surface area contributed by atoms with Crippen LogP contribution in [0.15, 0.2) is 36.4 Å². The van der Waals surface area contributed by atoms with E-state index in [0.717, 1.165) is 0 Å². The summed E-state index contributed by atoms with van der Waals surface area (Å²) < 4.78 is 11.1. The van der Waals surface area contributed by atoms with E-state index in [0.29, 0.717) is 9.46 Å². The molecule has 1 heterocycles. The van der Waals surface area contributed by atoms with Gasteiger partial charge in [0.1, 0.15) is 0 Å². The Labute approximate surface area is 167 Å². The summed E-state index contributed by atoms with van der Waals surface area (Å²) in [5.74, 6) is -2.85. The molecule has 2 aromatic carbocycles. The minimum absolute atomic E-state index is 0.0833. The Balaban J connectivity index is 2.21. The average molecular weight is 422 g/mol. The normalized spacial score (nSPS) is 13.2. The number of fused-ring (bicyclic) bond motifs is 2. The van der Waals surface area contributed by atoms with Crippen molar-refractivity contribution in [3.05, 3.63) is 36.4 Å². The standard InChI is InChI=1S/C18H18N2O10/c21-7-11(23)17(25)29-13-5-1-3-9-15(13)20(28)10-4-2-6-14(16(10)19(9)27)30-18(26)12(24)8-22/h1-6,11-12,21-24,27-28H,7-8H2/q+2. The molecule has 0 aliphatic heterocycles. The van der Waals surface area contributed by atoms with Gasteiger partial charge in [-0.1, -0.05) is 12.1 Å². The predicted octanol–water partition coefficient (Wildman–Crippen LogP) is -2.44. The van der Waals surface area contributed by atoms with Crippen LogP contribution in [0.5, 0.6) is 11.5 Å². The summed E-state index contributed by atoms with van der Waals surface area (Å²) in [4.78, 5) is 23.6. The van der Waals surface area contributed by atoms with Crippen molar-refractivity contribution in [2.75, 3.05) is 13.2 Å². The Morgan fingerprint density at radius 3 is 1.47 bits per heavy atom. The molecular formula is C18H18N2O10+2. The molecule has 2 unspecified atom stereocenters. The molecule has 1 aromatic heterocycles. The zero-order chi connectivity index (χ0) is 22.0. The average Bonchev–Trinajstić information content (AvgIpc) is 2.75. The summed E-state index contributed by atoms with van der Waals surface area (Å²) in [5.41, 5.74) is -0.519. The molecule has 0 spiro atoms. The monoisotopic (exact) mass is 422 g/mol. The van der Waals surface area contributed by atoms with Crippen LogP contribution in [0.25, 0.3) is 22.1 Å². The second-order valence-corrected chi connectivity index (χ2v) is 6.11. The van der Waals surface area contributed by atoms with Gasteiger partial charge in [-0.2, -0.15) is 0 Å². The van der Waals surface area contributed by atoms with Gasteiger partial charge in [0.05, 0.1) is 13.2 Å². The Hall–Kier alpha value is -3.58. The highest BCUT2D eigenvalue weighted by Gasteiger charge is 2.36. The zero-order valence-corrected chi connectivity index (χ0v) is 15.2. The number of nitrogens with zero attached hydrogens (tertiary/aromatic N) is 2. The maximum absolute atomic E-state index is 11.8. The van der Waals surface area contributed by atoms with Crippen molar-refractivity contribution in [2.45, 2.75) is 12.2 Å². The molecule has 0 saturated heterocycles. The topological polar surface area (TPSA) is 182 Å². The lowest BCUT2D eigenvalue weighted by molar-refractivity contribution is -0.894. The first-order chi connectivity index (χ1) is 14.3. The smallest absolute Gasteiger partial charge is 0.375 e. The van der Waals surface area contributed by atoms with Crippen LogP contribution in [-0.2, 0) is 9.59 Å². The largest absolute Gasteiger partial charge is 0.417 e. The number of hydrogen-bond donors (Lipinski definition) is 6. The van der Waals surface area contributed by atoms with E-state index in [4.69, 9.17) is 19.7 Å². The third-order valence-corrected chi connectivity index (χ3v) is 4.15. The van der Waals surface area contributed by atoms with Crippen LogP contribution in [-0.4, -0.2) is 68.2 Å². The summed E-state index contributed by atoms with van der Waals surface area (Å²) in [7, 11) is 0. The van der Waals surface area contributed by atoms with Gasteiger partial charge < -0.3 is 29.9 Å². The van der Waals surface area contributed by atoms with Crippen LogP contribution in [0, 0.1) is 0 Å². The minimum atomic E-state index is -1.81. The molecule has 0 bridgehead atoms. The van der Waals surface area contributed by atoms with Gasteiger partial charge in [-0.15, -0.1) is 0 Å². The number of benzene rings is 2. The number of carbonyl (C=O) groups excluding carboxylic acids is 2. The third kappa shape index (κ3) is 3.67. The molecule has 12 nitrogen and oxygen atoms in total. The van der Waals surface area contributed by atoms with Gasteiger partial charge in [-0.3, -0.25) is 10.4 Å². The maximum Gasteiger partial charge on any atom is 0.375 e. The second-order valence-electron chi connectivity index (χ2n) is 6.11. The fourth-order valence-electron chi connectivity index (χ4n) is 2.70. The number of para-hydroxylation sites is 2. The van der Waals surface area contributed by atoms with Crippen molar-refractivity contribution < 1.29 is 59.4 Å². The number of aliphatic hydroxyl groups excluding tert-OH is 4.